The number of carbonyl (C=O) groups is 3. The van der Waals surface area contributed by atoms with Crippen LogP contribution in [0, 0.1) is 0 Å². The van der Waals surface area contributed by atoms with E-state index in [-0.39, 0.29) is 24.3 Å². The lowest BCUT2D eigenvalue weighted by molar-refractivity contribution is -0.114. The van der Waals surface area contributed by atoms with E-state index >= 15 is 0 Å². The fourth-order valence-corrected chi connectivity index (χ4v) is 2.90. The number of rotatable bonds is 8. The van der Waals surface area contributed by atoms with Crippen LogP contribution in [-0.2, 0) is 4.79 Å². The molecule has 0 unspecified atom stereocenters. The summed E-state index contributed by atoms with van der Waals surface area (Å²) in [6.07, 6.45) is 0. The van der Waals surface area contributed by atoms with E-state index in [0.717, 1.165) is 0 Å². The first kappa shape index (κ1) is 22.2. The van der Waals surface area contributed by atoms with E-state index in [1.165, 1.54) is 0 Å². The molecule has 29 heavy (non-hydrogen) atoms. The summed E-state index contributed by atoms with van der Waals surface area (Å²) in [6.45, 7) is 5.11. The largest absolute Gasteiger partial charge is 0.375 e. The highest BCUT2D eigenvalue weighted by atomic mass is 35.5. The molecule has 0 heterocycles. The second kappa shape index (κ2) is 10.5. The van der Waals surface area contributed by atoms with E-state index in [1.54, 1.807) is 54.4 Å². The van der Waals surface area contributed by atoms with Gasteiger partial charge in [-0.25, -0.2) is 0 Å². The van der Waals surface area contributed by atoms with E-state index in [2.05, 4.69) is 16.0 Å². The molecule has 0 saturated carbocycles. The predicted octanol–water partition coefficient (Wildman–Crippen LogP) is 3.23. The van der Waals surface area contributed by atoms with Crippen molar-refractivity contribution in [1.29, 1.82) is 0 Å². The van der Waals surface area contributed by atoms with Crippen LogP contribution >= 0.6 is 11.6 Å². The zero-order chi connectivity index (χ0) is 21.4. The topological polar surface area (TPSA) is 90.5 Å². The number of hydrogen-bond acceptors (Lipinski definition) is 4. The van der Waals surface area contributed by atoms with Crippen LogP contribution in [0.4, 0.5) is 11.4 Å². The molecule has 0 aliphatic heterocycles. The van der Waals surface area contributed by atoms with E-state index in [9.17, 15) is 14.4 Å². The van der Waals surface area contributed by atoms with Crippen molar-refractivity contribution in [2.24, 2.45) is 0 Å². The van der Waals surface area contributed by atoms with Gasteiger partial charge in [0.2, 0.25) is 5.91 Å². The van der Waals surface area contributed by atoms with Gasteiger partial charge in [-0.2, -0.15) is 0 Å². The number of nitrogens with one attached hydrogen (secondary N) is 3. The number of anilines is 2. The summed E-state index contributed by atoms with van der Waals surface area (Å²) < 4.78 is 0. The molecule has 3 amide bonds. The number of benzene rings is 2. The molecule has 0 fully saturated rings. The summed E-state index contributed by atoms with van der Waals surface area (Å²) in [5, 5.41) is 8.63. The molecule has 0 bridgehead atoms. The summed E-state index contributed by atoms with van der Waals surface area (Å²) in [5.74, 6) is -0.567. The van der Waals surface area contributed by atoms with E-state index in [1.807, 2.05) is 13.8 Å². The van der Waals surface area contributed by atoms with Gasteiger partial charge < -0.3 is 20.9 Å². The molecule has 0 atom stereocenters. The number of hydrogen-bond donors (Lipinski definition) is 3. The van der Waals surface area contributed by atoms with Gasteiger partial charge in [0.05, 0.1) is 17.3 Å². The third-order valence-electron chi connectivity index (χ3n) is 4.36. The number of nitrogens with zero attached hydrogens (tertiary/aromatic N) is 1. The van der Waals surface area contributed by atoms with Gasteiger partial charge in [0.15, 0.2) is 0 Å². The molecule has 2 rings (SSSR count). The molecular formula is C21H25ClN4O3. The van der Waals surface area contributed by atoms with Crippen LogP contribution in [0.5, 0.6) is 0 Å². The Bertz CT molecular complexity index is 880. The standard InChI is InChI=1S/C21H25ClN4O3/c1-4-26(5-2)21(29)14-6-9-16(10-7-14)25-19(27)13-24-18-12-15(20(28)23-3)8-11-17(18)22/h6-12,24H,4-5,13H2,1-3H3,(H,23,28)(H,25,27). The van der Waals surface area contributed by atoms with E-state index < -0.39 is 0 Å². The zero-order valence-electron chi connectivity index (χ0n) is 16.7. The summed E-state index contributed by atoms with van der Waals surface area (Å²) in [4.78, 5) is 38.0. The lowest BCUT2D eigenvalue weighted by Crippen LogP contribution is -2.30. The second-order valence-electron chi connectivity index (χ2n) is 6.23. The van der Waals surface area contributed by atoms with Crippen LogP contribution in [0.25, 0.3) is 0 Å². The number of carbonyl (C=O) groups excluding carboxylic acids is 3. The van der Waals surface area contributed by atoms with Crippen LogP contribution in [0.15, 0.2) is 42.5 Å². The van der Waals surface area contributed by atoms with Crippen molar-refractivity contribution in [1.82, 2.24) is 10.2 Å². The first-order valence-corrected chi connectivity index (χ1v) is 9.72. The van der Waals surface area contributed by atoms with Crippen LogP contribution in [0.3, 0.4) is 0 Å². The molecule has 3 N–H and O–H groups in total. The van der Waals surface area contributed by atoms with Gasteiger partial charge in [0.25, 0.3) is 11.8 Å². The Kier molecular flexibility index (Phi) is 8.03. The highest BCUT2D eigenvalue weighted by molar-refractivity contribution is 6.33. The summed E-state index contributed by atoms with van der Waals surface area (Å²) in [7, 11) is 1.54. The Morgan fingerprint density at radius 3 is 2.17 bits per heavy atom. The summed E-state index contributed by atoms with van der Waals surface area (Å²) >= 11 is 6.12. The van der Waals surface area contributed by atoms with Gasteiger partial charge in [0, 0.05) is 37.0 Å². The SMILES string of the molecule is CCN(CC)C(=O)c1ccc(NC(=O)CNc2cc(C(=O)NC)ccc2Cl)cc1. The van der Waals surface area contributed by atoms with Crippen molar-refractivity contribution in [3.8, 4) is 0 Å². The smallest absolute Gasteiger partial charge is 0.253 e. The van der Waals surface area contributed by atoms with Crippen molar-refractivity contribution in [3.63, 3.8) is 0 Å². The van der Waals surface area contributed by atoms with Crippen molar-refractivity contribution >= 4 is 40.7 Å². The average Bonchev–Trinajstić information content (AvgIpc) is 2.73. The molecule has 0 aromatic heterocycles. The molecule has 0 radical (unpaired) electrons. The lowest BCUT2D eigenvalue weighted by Gasteiger charge is -2.18. The highest BCUT2D eigenvalue weighted by Gasteiger charge is 2.13. The Morgan fingerprint density at radius 2 is 1.59 bits per heavy atom. The van der Waals surface area contributed by atoms with Crippen molar-refractivity contribution in [2.45, 2.75) is 13.8 Å². The molecule has 0 aliphatic carbocycles. The van der Waals surface area contributed by atoms with Crippen LogP contribution in [-0.4, -0.2) is 49.3 Å². The third-order valence-corrected chi connectivity index (χ3v) is 4.69. The minimum atomic E-state index is -0.283. The van der Waals surface area contributed by atoms with E-state index in [4.69, 9.17) is 11.6 Å². The molecule has 2 aromatic carbocycles. The van der Waals surface area contributed by atoms with E-state index in [0.29, 0.717) is 40.6 Å². The Balaban J connectivity index is 1.96. The van der Waals surface area contributed by atoms with Crippen LogP contribution in [0.2, 0.25) is 5.02 Å². The predicted molar refractivity (Wildman–Crippen MR) is 116 cm³/mol. The van der Waals surface area contributed by atoms with Gasteiger partial charge in [-0.3, -0.25) is 14.4 Å². The van der Waals surface area contributed by atoms with Gasteiger partial charge in [-0.1, -0.05) is 11.6 Å². The van der Waals surface area contributed by atoms with Gasteiger partial charge in [-0.15, -0.1) is 0 Å². The Morgan fingerprint density at radius 1 is 0.966 bits per heavy atom. The van der Waals surface area contributed by atoms with Crippen molar-refractivity contribution in [2.75, 3.05) is 37.3 Å². The van der Waals surface area contributed by atoms with Crippen molar-refractivity contribution < 1.29 is 14.4 Å². The molecule has 0 aliphatic rings. The summed E-state index contributed by atoms with van der Waals surface area (Å²) in [5.41, 5.74) is 2.08. The first-order chi connectivity index (χ1) is 13.9. The van der Waals surface area contributed by atoms with Crippen LogP contribution in [0.1, 0.15) is 34.6 Å². The Hall–Kier alpha value is -3.06. The maximum Gasteiger partial charge on any atom is 0.253 e. The molecule has 8 heteroatoms. The zero-order valence-corrected chi connectivity index (χ0v) is 17.5. The fourth-order valence-electron chi connectivity index (χ4n) is 2.72. The maximum absolute atomic E-state index is 12.3. The molecule has 2 aromatic rings. The Labute approximate surface area is 175 Å². The number of halogens is 1. The fraction of sp³-hybridized carbons (Fsp3) is 0.286. The number of amides is 3. The van der Waals surface area contributed by atoms with Gasteiger partial charge in [0.1, 0.15) is 0 Å². The normalized spacial score (nSPS) is 10.2. The minimum Gasteiger partial charge on any atom is -0.375 e. The second-order valence-corrected chi connectivity index (χ2v) is 6.64. The lowest BCUT2D eigenvalue weighted by atomic mass is 10.1. The van der Waals surface area contributed by atoms with Crippen molar-refractivity contribution in [3.05, 3.63) is 58.6 Å². The maximum atomic E-state index is 12.3. The highest BCUT2D eigenvalue weighted by Crippen LogP contribution is 2.23. The van der Waals surface area contributed by atoms with Crippen LogP contribution < -0.4 is 16.0 Å². The molecular weight excluding hydrogens is 392 g/mol. The summed E-state index contributed by atoms with van der Waals surface area (Å²) in [6, 6.07) is 11.5. The molecule has 154 valence electrons. The third kappa shape index (κ3) is 5.96. The molecule has 0 saturated heterocycles. The molecule has 7 nitrogen and oxygen atoms in total. The molecule has 0 spiro atoms. The minimum absolute atomic E-state index is 0.0307. The first-order valence-electron chi connectivity index (χ1n) is 9.34. The van der Waals surface area contributed by atoms with Gasteiger partial charge in [-0.05, 0) is 56.3 Å². The average molecular weight is 417 g/mol. The quantitative estimate of drug-likeness (QED) is 0.616. The van der Waals surface area contributed by atoms with Gasteiger partial charge >= 0.3 is 0 Å². The monoisotopic (exact) mass is 416 g/mol.